The lowest BCUT2D eigenvalue weighted by molar-refractivity contribution is 0.552. The van der Waals surface area contributed by atoms with Gasteiger partial charge >= 0.3 is 0 Å². The van der Waals surface area contributed by atoms with Gasteiger partial charge in [-0.1, -0.05) is 34.6 Å². The van der Waals surface area contributed by atoms with Crippen LogP contribution in [-0.2, 0) is 11.8 Å². The summed E-state index contributed by atoms with van der Waals surface area (Å²) >= 11 is 0. The normalized spacial score (nSPS) is 12.1. The summed E-state index contributed by atoms with van der Waals surface area (Å²) in [6.45, 7) is 10.7. The van der Waals surface area contributed by atoms with E-state index in [1.165, 1.54) is 0 Å². The van der Waals surface area contributed by atoms with Crippen LogP contribution in [0.1, 0.15) is 46.1 Å². The number of anilines is 1. The minimum absolute atomic E-state index is 0.0305. The molecule has 3 nitrogen and oxygen atoms in total. The lowest BCUT2D eigenvalue weighted by atomic mass is 9.92. The van der Waals surface area contributed by atoms with Crippen LogP contribution in [0.2, 0.25) is 0 Å². The summed E-state index contributed by atoms with van der Waals surface area (Å²) in [6.07, 6.45) is 0.883. The molecule has 0 unspecified atom stereocenters. The quantitative estimate of drug-likeness (QED) is 0.810. The van der Waals surface area contributed by atoms with Gasteiger partial charge in [-0.3, -0.25) is 0 Å². The van der Waals surface area contributed by atoms with Crippen LogP contribution >= 0.6 is 0 Å². The van der Waals surface area contributed by atoms with E-state index in [1.807, 2.05) is 6.07 Å². The first kappa shape index (κ1) is 12.0. The predicted octanol–water partition coefficient (Wildman–Crippen LogP) is 2.55. The molecule has 1 heterocycles. The summed E-state index contributed by atoms with van der Waals surface area (Å²) in [7, 11) is 0. The minimum Gasteiger partial charge on any atom is -0.384 e. The Morgan fingerprint density at radius 2 is 1.87 bits per heavy atom. The summed E-state index contributed by atoms with van der Waals surface area (Å²) in [5.74, 6) is 1.99. The van der Waals surface area contributed by atoms with E-state index in [0.717, 1.165) is 17.9 Å². The first-order valence-electron chi connectivity index (χ1n) is 5.43. The van der Waals surface area contributed by atoms with Crippen molar-refractivity contribution in [3.63, 3.8) is 0 Å². The topological polar surface area (TPSA) is 51.8 Å². The highest BCUT2D eigenvalue weighted by atomic mass is 14.9. The molecule has 0 saturated heterocycles. The van der Waals surface area contributed by atoms with E-state index in [9.17, 15) is 0 Å². The number of aromatic nitrogens is 2. The van der Waals surface area contributed by atoms with Crippen LogP contribution in [0.5, 0.6) is 0 Å². The fourth-order valence-electron chi connectivity index (χ4n) is 1.36. The second kappa shape index (κ2) is 4.17. The van der Waals surface area contributed by atoms with Crippen LogP contribution in [0.4, 0.5) is 5.82 Å². The van der Waals surface area contributed by atoms with Crippen molar-refractivity contribution in [1.29, 1.82) is 0 Å². The smallest absolute Gasteiger partial charge is 0.131 e. The maximum absolute atomic E-state index is 5.78. The van der Waals surface area contributed by atoms with Crippen molar-refractivity contribution >= 4 is 5.82 Å². The van der Waals surface area contributed by atoms with E-state index in [2.05, 4.69) is 44.6 Å². The van der Waals surface area contributed by atoms with Gasteiger partial charge in [-0.2, -0.15) is 0 Å². The molecule has 1 rings (SSSR count). The molecule has 0 fully saturated rings. The Bertz CT molecular complexity index is 337. The van der Waals surface area contributed by atoms with Gasteiger partial charge in [0.05, 0.1) is 5.69 Å². The molecule has 84 valence electrons. The molecule has 0 aliphatic carbocycles. The summed E-state index contributed by atoms with van der Waals surface area (Å²) in [5, 5.41) is 0. The van der Waals surface area contributed by atoms with Gasteiger partial charge in [0.1, 0.15) is 11.6 Å². The molecule has 15 heavy (non-hydrogen) atoms. The Morgan fingerprint density at radius 3 is 2.33 bits per heavy atom. The molecule has 2 N–H and O–H groups in total. The molecule has 3 heteroatoms. The molecular formula is C12H21N3. The third-order valence-corrected chi connectivity index (χ3v) is 2.15. The molecule has 0 spiro atoms. The van der Waals surface area contributed by atoms with Gasteiger partial charge in [0.2, 0.25) is 0 Å². The van der Waals surface area contributed by atoms with Gasteiger partial charge in [-0.05, 0) is 5.92 Å². The number of hydrogen-bond donors (Lipinski definition) is 1. The van der Waals surface area contributed by atoms with Crippen molar-refractivity contribution < 1.29 is 0 Å². The zero-order valence-electron chi connectivity index (χ0n) is 10.3. The molecule has 0 aromatic carbocycles. The molecule has 0 aliphatic rings. The monoisotopic (exact) mass is 207 g/mol. The second-order valence-electron chi connectivity index (χ2n) is 5.44. The summed E-state index contributed by atoms with van der Waals surface area (Å²) in [5.41, 5.74) is 6.83. The highest BCUT2D eigenvalue weighted by Gasteiger charge is 2.17. The molecule has 1 aromatic rings. The van der Waals surface area contributed by atoms with Gasteiger partial charge in [0, 0.05) is 17.9 Å². The SMILES string of the molecule is CC(C)Cc1nc(N)cc(C(C)(C)C)n1. The maximum Gasteiger partial charge on any atom is 0.131 e. The number of nitrogens with two attached hydrogens (primary N) is 1. The number of rotatable bonds is 2. The second-order valence-corrected chi connectivity index (χ2v) is 5.44. The van der Waals surface area contributed by atoms with Crippen LogP contribution in [0, 0.1) is 5.92 Å². The molecule has 0 atom stereocenters. The molecule has 0 saturated carbocycles. The van der Waals surface area contributed by atoms with Gasteiger partial charge in [-0.15, -0.1) is 0 Å². The number of hydrogen-bond acceptors (Lipinski definition) is 3. The zero-order valence-corrected chi connectivity index (χ0v) is 10.3. The molecule has 0 aliphatic heterocycles. The van der Waals surface area contributed by atoms with E-state index >= 15 is 0 Å². The van der Waals surface area contributed by atoms with Crippen LogP contribution in [0.15, 0.2) is 6.07 Å². The van der Waals surface area contributed by atoms with Crippen LogP contribution in [0.25, 0.3) is 0 Å². The van der Waals surface area contributed by atoms with E-state index in [-0.39, 0.29) is 5.41 Å². The fourth-order valence-corrected chi connectivity index (χ4v) is 1.36. The molecule has 1 aromatic heterocycles. The summed E-state index contributed by atoms with van der Waals surface area (Å²) in [4.78, 5) is 8.81. The Balaban J connectivity index is 3.06. The molecule has 0 amide bonds. The van der Waals surface area contributed by atoms with Gasteiger partial charge in [0.25, 0.3) is 0 Å². The van der Waals surface area contributed by atoms with E-state index < -0.39 is 0 Å². The third kappa shape index (κ3) is 3.50. The van der Waals surface area contributed by atoms with Crippen LogP contribution in [0.3, 0.4) is 0 Å². The standard InChI is InChI=1S/C12H21N3/c1-8(2)6-11-14-9(12(3,4)5)7-10(13)15-11/h7-8H,6H2,1-5H3,(H2,13,14,15). The Labute approximate surface area is 92.1 Å². The lowest BCUT2D eigenvalue weighted by Gasteiger charge is -2.19. The third-order valence-electron chi connectivity index (χ3n) is 2.15. The van der Waals surface area contributed by atoms with Crippen molar-refractivity contribution in [2.45, 2.75) is 46.5 Å². The van der Waals surface area contributed by atoms with E-state index in [0.29, 0.717) is 11.7 Å². The summed E-state index contributed by atoms with van der Waals surface area (Å²) < 4.78 is 0. The van der Waals surface area contributed by atoms with Crippen LogP contribution < -0.4 is 5.73 Å². The highest BCUT2D eigenvalue weighted by molar-refractivity contribution is 5.32. The highest BCUT2D eigenvalue weighted by Crippen LogP contribution is 2.21. The molecule has 0 radical (unpaired) electrons. The first-order chi connectivity index (χ1) is 6.79. The predicted molar refractivity (Wildman–Crippen MR) is 63.7 cm³/mol. The average molecular weight is 207 g/mol. The number of nitrogen functional groups attached to an aromatic ring is 1. The molecular weight excluding hydrogens is 186 g/mol. The Morgan fingerprint density at radius 1 is 1.27 bits per heavy atom. The van der Waals surface area contributed by atoms with Gasteiger partial charge < -0.3 is 5.73 Å². The van der Waals surface area contributed by atoms with E-state index in [1.54, 1.807) is 0 Å². The van der Waals surface area contributed by atoms with Crippen molar-refractivity contribution in [2.75, 3.05) is 5.73 Å². The zero-order chi connectivity index (χ0) is 11.6. The van der Waals surface area contributed by atoms with Gasteiger partial charge in [-0.25, -0.2) is 9.97 Å². The Kier molecular flexibility index (Phi) is 3.32. The van der Waals surface area contributed by atoms with Crippen molar-refractivity contribution in [1.82, 2.24) is 9.97 Å². The fraction of sp³-hybridized carbons (Fsp3) is 0.667. The Hall–Kier alpha value is -1.12. The lowest BCUT2D eigenvalue weighted by Crippen LogP contribution is -2.17. The largest absolute Gasteiger partial charge is 0.384 e. The summed E-state index contributed by atoms with van der Waals surface area (Å²) in [6, 6.07) is 1.86. The van der Waals surface area contributed by atoms with Crippen molar-refractivity contribution in [3.05, 3.63) is 17.6 Å². The molecule has 0 bridgehead atoms. The average Bonchev–Trinajstić information content (AvgIpc) is 1.99. The van der Waals surface area contributed by atoms with Gasteiger partial charge in [0.15, 0.2) is 0 Å². The van der Waals surface area contributed by atoms with Crippen molar-refractivity contribution in [3.8, 4) is 0 Å². The maximum atomic E-state index is 5.78. The minimum atomic E-state index is 0.0305. The number of nitrogens with zero attached hydrogens (tertiary/aromatic N) is 2. The van der Waals surface area contributed by atoms with Crippen LogP contribution in [-0.4, -0.2) is 9.97 Å². The van der Waals surface area contributed by atoms with Crippen molar-refractivity contribution in [2.24, 2.45) is 5.92 Å². The first-order valence-corrected chi connectivity index (χ1v) is 5.43. The van der Waals surface area contributed by atoms with E-state index in [4.69, 9.17) is 5.73 Å².